The monoisotopic (exact) mass is 284 g/mol. The van der Waals surface area contributed by atoms with Crippen molar-refractivity contribution in [1.29, 1.82) is 0 Å². The normalized spacial score (nSPS) is 21.5. The molecule has 2 aliphatic carbocycles. The molecule has 0 N–H and O–H groups in total. The zero-order chi connectivity index (χ0) is 15.3. The lowest BCUT2D eigenvalue weighted by Crippen LogP contribution is -2.21. The maximum atomic E-state index is 2.51. The summed E-state index contributed by atoms with van der Waals surface area (Å²) in [5.41, 5.74) is 4.97. The Bertz CT molecular complexity index is 468. The Labute approximate surface area is 131 Å². The minimum atomic E-state index is 0.235. The summed E-state index contributed by atoms with van der Waals surface area (Å²) in [5, 5.41) is 0. The van der Waals surface area contributed by atoms with E-state index in [1.165, 1.54) is 44.9 Å². The Morgan fingerprint density at radius 3 is 2.52 bits per heavy atom. The molecule has 2 rings (SSSR count). The van der Waals surface area contributed by atoms with E-state index >= 15 is 0 Å². The number of hydrogen-bond acceptors (Lipinski definition) is 0. The first kappa shape index (κ1) is 16.3. The molecule has 0 amide bonds. The van der Waals surface area contributed by atoms with Gasteiger partial charge in [0.25, 0.3) is 0 Å². The number of rotatable bonds is 8. The first-order chi connectivity index (χ1) is 10.1. The number of unbranched alkanes of at least 4 members (excludes halogenated alkanes) is 2. The van der Waals surface area contributed by atoms with Crippen molar-refractivity contribution in [2.75, 3.05) is 0 Å². The molecule has 0 aliphatic heterocycles. The third kappa shape index (κ3) is 3.99. The molecule has 21 heavy (non-hydrogen) atoms. The van der Waals surface area contributed by atoms with Gasteiger partial charge < -0.3 is 0 Å². The van der Waals surface area contributed by atoms with Crippen LogP contribution in [0, 0.1) is 11.3 Å². The molecule has 1 atom stereocenters. The third-order valence-electron chi connectivity index (χ3n) is 5.10. The Morgan fingerprint density at radius 1 is 1.10 bits per heavy atom. The maximum absolute atomic E-state index is 2.51. The molecule has 0 saturated heterocycles. The third-order valence-corrected chi connectivity index (χ3v) is 5.10. The summed E-state index contributed by atoms with van der Waals surface area (Å²) >= 11 is 0. The van der Waals surface area contributed by atoms with Crippen LogP contribution in [0.25, 0.3) is 0 Å². The molecule has 0 nitrogen and oxygen atoms in total. The summed E-state index contributed by atoms with van der Waals surface area (Å²) in [7, 11) is 0. The van der Waals surface area contributed by atoms with Gasteiger partial charge in [0.2, 0.25) is 0 Å². The van der Waals surface area contributed by atoms with E-state index in [1.807, 2.05) is 0 Å². The molecule has 0 heterocycles. The Kier molecular flexibility index (Phi) is 5.67. The quantitative estimate of drug-likeness (QED) is 0.462. The van der Waals surface area contributed by atoms with Crippen molar-refractivity contribution in [3.8, 4) is 0 Å². The lowest BCUT2D eigenvalue weighted by Gasteiger charge is -2.30. The van der Waals surface area contributed by atoms with Crippen molar-refractivity contribution in [2.45, 2.75) is 72.6 Å². The van der Waals surface area contributed by atoms with Gasteiger partial charge in [-0.3, -0.25) is 0 Å². The lowest BCUT2D eigenvalue weighted by atomic mass is 9.73. The fourth-order valence-electron chi connectivity index (χ4n) is 3.36. The highest BCUT2D eigenvalue weighted by atomic mass is 14.4. The summed E-state index contributed by atoms with van der Waals surface area (Å²) in [6.45, 7) is 9.37. The predicted octanol–water partition coefficient (Wildman–Crippen LogP) is 6.76. The molecule has 0 aromatic heterocycles. The van der Waals surface area contributed by atoms with Gasteiger partial charge in [0.05, 0.1) is 0 Å². The van der Waals surface area contributed by atoms with Crippen LogP contribution in [0.1, 0.15) is 72.6 Å². The first-order valence-electron chi connectivity index (χ1n) is 8.87. The van der Waals surface area contributed by atoms with Crippen LogP contribution in [0.2, 0.25) is 0 Å². The molecular weight excluding hydrogens is 252 g/mol. The van der Waals surface area contributed by atoms with Crippen molar-refractivity contribution in [1.82, 2.24) is 0 Å². The zero-order valence-electron chi connectivity index (χ0n) is 14.4. The van der Waals surface area contributed by atoms with E-state index < -0.39 is 0 Å². The van der Waals surface area contributed by atoms with Gasteiger partial charge in [-0.1, -0.05) is 82.1 Å². The minimum absolute atomic E-state index is 0.235. The van der Waals surface area contributed by atoms with Crippen LogP contribution in [0.5, 0.6) is 0 Å². The molecule has 0 spiro atoms. The van der Waals surface area contributed by atoms with Crippen LogP contribution < -0.4 is 0 Å². The first-order valence-corrected chi connectivity index (χ1v) is 8.87. The summed E-state index contributed by atoms with van der Waals surface area (Å²) in [5.74, 6) is 0.567. The molecule has 0 fully saturated rings. The van der Waals surface area contributed by atoms with E-state index in [1.54, 1.807) is 16.7 Å². The van der Waals surface area contributed by atoms with E-state index in [4.69, 9.17) is 0 Å². The Balaban J connectivity index is 2.01. The second-order valence-corrected chi connectivity index (χ2v) is 7.22. The second kappa shape index (κ2) is 7.29. The van der Waals surface area contributed by atoms with Crippen LogP contribution in [0.15, 0.2) is 47.1 Å². The second-order valence-electron chi connectivity index (χ2n) is 7.22. The molecule has 0 heteroatoms. The van der Waals surface area contributed by atoms with Gasteiger partial charge >= 0.3 is 0 Å². The van der Waals surface area contributed by atoms with E-state index in [9.17, 15) is 0 Å². The highest BCUT2D eigenvalue weighted by Gasteiger charge is 2.32. The van der Waals surface area contributed by atoms with Gasteiger partial charge in [-0.05, 0) is 43.1 Å². The molecule has 2 aliphatic rings. The molecule has 0 radical (unpaired) electrons. The van der Waals surface area contributed by atoms with Crippen molar-refractivity contribution in [3.05, 3.63) is 47.1 Å². The van der Waals surface area contributed by atoms with Gasteiger partial charge in [-0.25, -0.2) is 0 Å². The maximum Gasteiger partial charge on any atom is 0.00472 e. The minimum Gasteiger partial charge on any atom is -0.0767 e. The van der Waals surface area contributed by atoms with Gasteiger partial charge in [-0.15, -0.1) is 0 Å². The summed E-state index contributed by atoms with van der Waals surface area (Å²) in [6.07, 6.45) is 21.2. The van der Waals surface area contributed by atoms with Crippen LogP contribution >= 0.6 is 0 Å². The van der Waals surface area contributed by atoms with Crippen molar-refractivity contribution < 1.29 is 0 Å². The molecule has 116 valence electrons. The molecular formula is C21H32. The topological polar surface area (TPSA) is 0 Å². The van der Waals surface area contributed by atoms with Crippen molar-refractivity contribution in [2.24, 2.45) is 11.3 Å². The Hall–Kier alpha value is -1.04. The van der Waals surface area contributed by atoms with Gasteiger partial charge in [-0.2, -0.15) is 0 Å². The summed E-state index contributed by atoms with van der Waals surface area (Å²) in [6, 6.07) is 0. The average Bonchev–Trinajstić information content (AvgIpc) is 3.12. The van der Waals surface area contributed by atoms with Crippen LogP contribution in [-0.4, -0.2) is 0 Å². The zero-order valence-corrected chi connectivity index (χ0v) is 14.4. The summed E-state index contributed by atoms with van der Waals surface area (Å²) in [4.78, 5) is 0. The van der Waals surface area contributed by atoms with E-state index in [2.05, 4.69) is 58.1 Å². The Morgan fingerprint density at radius 2 is 1.81 bits per heavy atom. The van der Waals surface area contributed by atoms with Gasteiger partial charge in [0.15, 0.2) is 0 Å². The fourth-order valence-corrected chi connectivity index (χ4v) is 3.36. The standard InChI is InChI=1S/C21H32/c1-5-7-9-17-11-13-19(15-17)21(3,4)20-14-12-18(16-20)10-8-6-2/h11,13-16,19H,5-10,12H2,1-4H3. The van der Waals surface area contributed by atoms with Gasteiger partial charge in [0, 0.05) is 5.92 Å². The molecule has 1 unspecified atom stereocenters. The SMILES string of the molecule is CCCCC1=CC(C(C)(C)C2=CCC(CCCC)=C2)C=C1. The number of allylic oxidation sites excluding steroid dienone is 8. The highest BCUT2D eigenvalue weighted by molar-refractivity contribution is 5.41. The average molecular weight is 284 g/mol. The van der Waals surface area contributed by atoms with Crippen LogP contribution in [0.3, 0.4) is 0 Å². The molecule has 0 bridgehead atoms. The smallest absolute Gasteiger partial charge is 0.00472 e. The molecule has 0 saturated carbocycles. The van der Waals surface area contributed by atoms with E-state index in [0.717, 1.165) is 0 Å². The van der Waals surface area contributed by atoms with Crippen LogP contribution in [-0.2, 0) is 0 Å². The summed E-state index contributed by atoms with van der Waals surface area (Å²) < 4.78 is 0. The van der Waals surface area contributed by atoms with E-state index in [0.29, 0.717) is 5.92 Å². The predicted molar refractivity (Wildman–Crippen MR) is 94.3 cm³/mol. The van der Waals surface area contributed by atoms with Gasteiger partial charge in [0.1, 0.15) is 0 Å². The van der Waals surface area contributed by atoms with E-state index in [-0.39, 0.29) is 5.41 Å². The lowest BCUT2D eigenvalue weighted by molar-refractivity contribution is 0.385. The largest absolute Gasteiger partial charge is 0.0767 e. The van der Waals surface area contributed by atoms with Crippen LogP contribution in [0.4, 0.5) is 0 Å². The fraction of sp³-hybridized carbons (Fsp3) is 0.619. The van der Waals surface area contributed by atoms with Crippen molar-refractivity contribution in [3.63, 3.8) is 0 Å². The molecule has 0 aromatic carbocycles. The highest BCUT2D eigenvalue weighted by Crippen LogP contribution is 2.44. The number of hydrogen-bond donors (Lipinski definition) is 0. The van der Waals surface area contributed by atoms with Crippen molar-refractivity contribution >= 4 is 0 Å². The molecule has 0 aromatic rings.